The average molecular weight is 573 g/mol. The number of carbonyl (C=O) groups is 1. The maximum atomic E-state index is 14.1. The van der Waals surface area contributed by atoms with Crippen LogP contribution in [0.2, 0.25) is 0 Å². The van der Waals surface area contributed by atoms with Crippen LogP contribution in [0.5, 0.6) is 0 Å². The van der Waals surface area contributed by atoms with Gasteiger partial charge >= 0.3 is 12.2 Å². The fourth-order valence-corrected chi connectivity index (χ4v) is 5.13. The number of allylic oxidation sites excluding steroid dienone is 1. The van der Waals surface area contributed by atoms with Crippen LogP contribution in [-0.2, 0) is 12.7 Å². The SMILES string of the molecule is CN1CC[C@H](N=C/C(=C\N)Nc2nccc(-c3ccc(CNC(=O)N4CCC(C(C)(C)C)C4)c(C(F)(F)F)c3)n2)C1. The molecule has 0 radical (unpaired) electrons. The van der Waals surface area contributed by atoms with E-state index in [9.17, 15) is 18.0 Å². The molecule has 3 heterocycles. The summed E-state index contributed by atoms with van der Waals surface area (Å²) in [5.74, 6) is 0.529. The highest BCUT2D eigenvalue weighted by Crippen LogP contribution is 2.36. The molecule has 2 aliphatic rings. The van der Waals surface area contributed by atoms with Crippen LogP contribution in [0.3, 0.4) is 0 Å². The first-order chi connectivity index (χ1) is 19.3. The van der Waals surface area contributed by atoms with E-state index in [2.05, 4.69) is 51.3 Å². The number of hydrogen-bond acceptors (Lipinski definition) is 7. The van der Waals surface area contributed by atoms with Gasteiger partial charge in [-0.2, -0.15) is 13.2 Å². The molecule has 2 fully saturated rings. The van der Waals surface area contributed by atoms with Crippen molar-refractivity contribution < 1.29 is 18.0 Å². The number of nitrogens with zero attached hydrogens (tertiary/aromatic N) is 5. The molecule has 4 N–H and O–H groups in total. The Morgan fingerprint density at radius 1 is 1.17 bits per heavy atom. The first-order valence-corrected chi connectivity index (χ1v) is 13.8. The van der Waals surface area contributed by atoms with E-state index in [1.54, 1.807) is 17.2 Å². The van der Waals surface area contributed by atoms with Crippen molar-refractivity contribution in [3.63, 3.8) is 0 Å². The molecule has 41 heavy (non-hydrogen) atoms. The number of nitrogens with two attached hydrogens (primary N) is 1. The van der Waals surface area contributed by atoms with Gasteiger partial charge in [0.1, 0.15) is 0 Å². The molecule has 1 unspecified atom stereocenters. The molecular formula is C29H39F3N8O. The number of rotatable bonds is 7. The summed E-state index contributed by atoms with van der Waals surface area (Å²) in [7, 11) is 2.04. The number of urea groups is 1. The molecule has 0 saturated carbocycles. The molecule has 2 saturated heterocycles. The van der Waals surface area contributed by atoms with E-state index in [4.69, 9.17) is 5.73 Å². The molecule has 0 aliphatic carbocycles. The number of alkyl halides is 3. The Morgan fingerprint density at radius 2 is 1.95 bits per heavy atom. The number of halogens is 3. The van der Waals surface area contributed by atoms with Gasteiger partial charge in [-0.1, -0.05) is 32.9 Å². The lowest BCUT2D eigenvalue weighted by Gasteiger charge is -2.27. The van der Waals surface area contributed by atoms with E-state index in [1.807, 2.05) is 7.05 Å². The van der Waals surface area contributed by atoms with Crippen LogP contribution in [-0.4, -0.2) is 71.3 Å². The zero-order chi connectivity index (χ0) is 29.8. The normalized spacial score (nSPS) is 20.7. The van der Waals surface area contributed by atoms with Gasteiger partial charge in [-0.15, -0.1) is 0 Å². The summed E-state index contributed by atoms with van der Waals surface area (Å²) in [4.78, 5) is 29.7. The molecular weight excluding hydrogens is 533 g/mol. The average Bonchev–Trinajstić information content (AvgIpc) is 3.59. The van der Waals surface area contributed by atoms with E-state index in [0.717, 1.165) is 32.0 Å². The Morgan fingerprint density at radius 3 is 2.59 bits per heavy atom. The lowest BCUT2D eigenvalue weighted by atomic mass is 9.80. The van der Waals surface area contributed by atoms with Crippen molar-refractivity contribution >= 4 is 18.2 Å². The van der Waals surface area contributed by atoms with Crippen LogP contribution >= 0.6 is 0 Å². The third-order valence-electron chi connectivity index (χ3n) is 7.72. The Kier molecular flexibility index (Phi) is 9.21. The summed E-state index contributed by atoms with van der Waals surface area (Å²) < 4.78 is 42.2. The van der Waals surface area contributed by atoms with Crippen LogP contribution < -0.4 is 16.4 Å². The predicted molar refractivity (Wildman–Crippen MR) is 154 cm³/mol. The monoisotopic (exact) mass is 572 g/mol. The predicted octanol–water partition coefficient (Wildman–Crippen LogP) is 4.73. The number of likely N-dealkylation sites (N-methyl/N-ethyl adjacent to an activating group) is 1. The van der Waals surface area contributed by atoms with Crippen LogP contribution in [0.15, 0.2) is 47.4 Å². The Hall–Kier alpha value is -3.67. The highest BCUT2D eigenvalue weighted by molar-refractivity contribution is 5.82. The lowest BCUT2D eigenvalue weighted by molar-refractivity contribution is -0.138. The summed E-state index contributed by atoms with van der Waals surface area (Å²) in [5, 5.41) is 5.65. The first kappa shape index (κ1) is 30.3. The van der Waals surface area contributed by atoms with Crippen molar-refractivity contribution in [1.82, 2.24) is 25.1 Å². The van der Waals surface area contributed by atoms with Crippen molar-refractivity contribution in [1.29, 1.82) is 0 Å². The van der Waals surface area contributed by atoms with Crippen LogP contribution in [0.1, 0.15) is 44.7 Å². The smallest absolute Gasteiger partial charge is 0.403 e. The Balaban J connectivity index is 1.46. The number of likely N-dealkylation sites (tertiary alicyclic amines) is 2. The molecule has 1 aromatic heterocycles. The van der Waals surface area contributed by atoms with Gasteiger partial charge in [-0.3, -0.25) is 4.99 Å². The summed E-state index contributed by atoms with van der Waals surface area (Å²) >= 11 is 0. The van der Waals surface area contributed by atoms with Gasteiger partial charge in [0.05, 0.1) is 23.0 Å². The van der Waals surface area contributed by atoms with E-state index >= 15 is 0 Å². The second kappa shape index (κ2) is 12.5. The summed E-state index contributed by atoms with van der Waals surface area (Å²) in [5.41, 5.74) is 6.01. The zero-order valence-electron chi connectivity index (χ0n) is 24.0. The molecule has 9 nitrogen and oxygen atoms in total. The molecule has 2 amide bonds. The van der Waals surface area contributed by atoms with Crippen LogP contribution in [0.25, 0.3) is 11.3 Å². The minimum Gasteiger partial charge on any atom is -0.403 e. The summed E-state index contributed by atoms with van der Waals surface area (Å²) in [6.45, 7) is 9.17. The minimum absolute atomic E-state index is 0.0179. The lowest BCUT2D eigenvalue weighted by Crippen LogP contribution is -2.39. The van der Waals surface area contributed by atoms with E-state index in [0.29, 0.717) is 30.4 Å². The molecule has 2 atom stereocenters. The third-order valence-corrected chi connectivity index (χ3v) is 7.72. The third kappa shape index (κ3) is 7.96. The maximum Gasteiger partial charge on any atom is 0.416 e. The summed E-state index contributed by atoms with van der Waals surface area (Å²) in [6, 6.07) is 5.35. The fraction of sp³-hybridized carbons (Fsp3) is 0.517. The van der Waals surface area contributed by atoms with Gasteiger partial charge in [-0.25, -0.2) is 14.8 Å². The molecule has 2 aliphatic heterocycles. The number of amides is 2. The zero-order valence-corrected chi connectivity index (χ0v) is 24.0. The van der Waals surface area contributed by atoms with Gasteiger partial charge in [0.2, 0.25) is 5.95 Å². The number of hydrogen-bond donors (Lipinski definition) is 3. The van der Waals surface area contributed by atoms with Crippen molar-refractivity contribution in [2.45, 2.75) is 52.4 Å². The molecule has 0 spiro atoms. The fourth-order valence-electron chi connectivity index (χ4n) is 5.13. The van der Waals surface area contributed by atoms with Gasteiger partial charge in [0.25, 0.3) is 0 Å². The maximum absolute atomic E-state index is 14.1. The molecule has 12 heteroatoms. The van der Waals surface area contributed by atoms with E-state index in [-0.39, 0.29) is 41.1 Å². The number of anilines is 1. The van der Waals surface area contributed by atoms with Gasteiger partial charge in [-0.05, 0) is 55.5 Å². The number of carbonyl (C=O) groups excluding carboxylic acids is 1. The second-order valence-corrected chi connectivity index (χ2v) is 11.8. The minimum atomic E-state index is -4.62. The van der Waals surface area contributed by atoms with E-state index in [1.165, 1.54) is 24.5 Å². The number of aromatic nitrogens is 2. The first-order valence-electron chi connectivity index (χ1n) is 13.8. The van der Waals surface area contributed by atoms with Crippen molar-refractivity contribution in [2.24, 2.45) is 22.1 Å². The van der Waals surface area contributed by atoms with Gasteiger partial charge < -0.3 is 26.2 Å². The van der Waals surface area contributed by atoms with E-state index < -0.39 is 11.7 Å². The molecule has 0 bridgehead atoms. The molecule has 2 aromatic rings. The largest absolute Gasteiger partial charge is 0.416 e. The standard InChI is InChI=1S/C29H39F3N8O/c1-28(2,3)21-8-12-40(17-21)27(41)36-15-20-6-5-19(13-24(20)29(30,31)32)25-7-10-34-26(38-25)37-23(14-33)16-35-22-9-11-39(4)18-22/h5-7,10,13-14,16,21-22H,8-9,11-12,15,17-18,33H2,1-4H3,(H,36,41)(H,34,37,38)/b23-14+,35-16?/t21?,22-/m0/s1. The van der Waals surface area contributed by atoms with Crippen LogP contribution in [0.4, 0.5) is 23.9 Å². The topological polar surface area (TPSA) is 112 Å². The highest BCUT2D eigenvalue weighted by Gasteiger charge is 2.35. The Labute approximate surface area is 239 Å². The molecule has 4 rings (SSSR count). The van der Waals surface area contributed by atoms with Gasteiger partial charge in [0.15, 0.2) is 0 Å². The van der Waals surface area contributed by atoms with Crippen molar-refractivity contribution in [2.75, 3.05) is 38.5 Å². The number of aliphatic imine (C=N–C) groups is 1. The van der Waals surface area contributed by atoms with Gasteiger partial charge in [0, 0.05) is 50.4 Å². The Bertz CT molecular complexity index is 1290. The van der Waals surface area contributed by atoms with Crippen molar-refractivity contribution in [3.05, 3.63) is 53.5 Å². The summed E-state index contributed by atoms with van der Waals surface area (Å²) in [6.07, 6.45) is 1.64. The van der Waals surface area contributed by atoms with Crippen LogP contribution in [0, 0.1) is 11.3 Å². The molecule has 1 aromatic carbocycles. The highest BCUT2D eigenvalue weighted by atomic mass is 19.4. The van der Waals surface area contributed by atoms with Crippen molar-refractivity contribution in [3.8, 4) is 11.3 Å². The number of nitrogens with one attached hydrogen (secondary N) is 2. The quantitative estimate of drug-likeness (QED) is 0.414. The second-order valence-electron chi connectivity index (χ2n) is 11.8. The molecule has 222 valence electrons. The number of benzene rings is 1.